The van der Waals surface area contributed by atoms with Gasteiger partial charge in [0.2, 0.25) is 11.8 Å². The Morgan fingerprint density at radius 1 is 1.30 bits per heavy atom. The molecule has 1 aromatic carbocycles. The minimum absolute atomic E-state index is 0.0497. The molecular weight excluding hydrogens is 310 g/mol. The van der Waals surface area contributed by atoms with Crippen molar-refractivity contribution in [3.8, 4) is 0 Å². The molecule has 0 aliphatic carbocycles. The first-order valence-electron chi connectivity index (χ1n) is 6.84. The lowest BCUT2D eigenvalue weighted by Crippen LogP contribution is -2.42. The molecule has 6 nitrogen and oxygen atoms in total. The van der Waals surface area contributed by atoms with E-state index < -0.39 is 41.5 Å². The Labute approximate surface area is 132 Å². The Morgan fingerprint density at radius 3 is 2.39 bits per heavy atom. The Hall–Kier alpha value is -2.51. The fourth-order valence-electron chi connectivity index (χ4n) is 1.97. The van der Waals surface area contributed by atoms with E-state index in [2.05, 4.69) is 5.32 Å². The monoisotopic (exact) mass is 328 g/mol. The predicted molar refractivity (Wildman–Crippen MR) is 77.4 cm³/mol. The van der Waals surface area contributed by atoms with E-state index in [0.717, 1.165) is 17.0 Å². The third-order valence-corrected chi connectivity index (χ3v) is 3.43. The molecule has 0 aliphatic rings. The van der Waals surface area contributed by atoms with Gasteiger partial charge in [-0.05, 0) is 13.0 Å². The van der Waals surface area contributed by atoms with Crippen molar-refractivity contribution in [3.05, 3.63) is 35.4 Å². The first-order valence-corrected chi connectivity index (χ1v) is 6.84. The zero-order valence-corrected chi connectivity index (χ0v) is 13.0. The molecule has 2 N–H and O–H groups in total. The van der Waals surface area contributed by atoms with Crippen molar-refractivity contribution in [2.45, 2.75) is 32.4 Å². The number of rotatable bonds is 6. The fraction of sp³-hybridized carbons (Fsp3) is 0.400. The summed E-state index contributed by atoms with van der Waals surface area (Å²) in [7, 11) is 1.30. The van der Waals surface area contributed by atoms with Gasteiger partial charge in [-0.2, -0.15) is 0 Å². The van der Waals surface area contributed by atoms with Crippen LogP contribution in [0.5, 0.6) is 0 Å². The van der Waals surface area contributed by atoms with Crippen LogP contribution in [0.25, 0.3) is 0 Å². The number of carboxylic acid groups (broad SMARTS) is 1. The van der Waals surface area contributed by atoms with Gasteiger partial charge in [0.05, 0.1) is 12.5 Å². The number of carbonyl (C=O) groups is 3. The van der Waals surface area contributed by atoms with Gasteiger partial charge in [0.25, 0.3) is 0 Å². The Kier molecular flexibility index (Phi) is 6.18. The van der Waals surface area contributed by atoms with Crippen LogP contribution in [0.1, 0.15) is 31.9 Å². The molecule has 0 spiro atoms. The number of carbonyl (C=O) groups excluding carboxylic acids is 2. The van der Waals surface area contributed by atoms with E-state index in [4.69, 9.17) is 5.11 Å². The quantitative estimate of drug-likeness (QED) is 0.828. The SMILES string of the molecule is CC(=O)NC(CC(=O)N(C)C(C)C(=O)O)c1ccc(F)cc1F. The summed E-state index contributed by atoms with van der Waals surface area (Å²) in [6.07, 6.45) is -0.351. The summed E-state index contributed by atoms with van der Waals surface area (Å²) in [6.45, 7) is 2.52. The second kappa shape index (κ2) is 7.66. The molecule has 0 saturated carbocycles. The molecule has 126 valence electrons. The van der Waals surface area contributed by atoms with Crippen LogP contribution in [0.3, 0.4) is 0 Å². The van der Waals surface area contributed by atoms with Crippen molar-refractivity contribution in [3.63, 3.8) is 0 Å². The number of hydrogen-bond acceptors (Lipinski definition) is 3. The molecule has 0 aliphatic heterocycles. The van der Waals surface area contributed by atoms with Gasteiger partial charge < -0.3 is 15.3 Å². The van der Waals surface area contributed by atoms with Crippen molar-refractivity contribution in [1.82, 2.24) is 10.2 Å². The number of aliphatic carboxylic acids is 1. The van der Waals surface area contributed by atoms with Crippen LogP contribution in [0.15, 0.2) is 18.2 Å². The van der Waals surface area contributed by atoms with Crippen molar-refractivity contribution in [1.29, 1.82) is 0 Å². The Morgan fingerprint density at radius 2 is 1.91 bits per heavy atom. The van der Waals surface area contributed by atoms with E-state index in [0.29, 0.717) is 6.07 Å². The van der Waals surface area contributed by atoms with Crippen LogP contribution in [-0.2, 0) is 14.4 Å². The summed E-state index contributed by atoms with van der Waals surface area (Å²) in [5, 5.41) is 11.3. The van der Waals surface area contributed by atoms with E-state index in [1.807, 2.05) is 0 Å². The minimum atomic E-state index is -1.19. The van der Waals surface area contributed by atoms with Gasteiger partial charge in [-0.25, -0.2) is 13.6 Å². The molecule has 1 aromatic rings. The predicted octanol–water partition coefficient (Wildman–Crippen LogP) is 1.46. The second-order valence-corrected chi connectivity index (χ2v) is 5.14. The highest BCUT2D eigenvalue weighted by Gasteiger charge is 2.26. The number of carboxylic acids is 1. The zero-order chi connectivity index (χ0) is 17.7. The number of hydrogen-bond donors (Lipinski definition) is 2. The van der Waals surface area contributed by atoms with E-state index >= 15 is 0 Å². The number of amides is 2. The van der Waals surface area contributed by atoms with E-state index in [1.54, 1.807) is 0 Å². The number of nitrogens with one attached hydrogen (secondary N) is 1. The van der Waals surface area contributed by atoms with Crippen LogP contribution in [0.2, 0.25) is 0 Å². The third kappa shape index (κ3) is 5.01. The van der Waals surface area contributed by atoms with Gasteiger partial charge in [0.1, 0.15) is 17.7 Å². The molecule has 0 aromatic heterocycles. The Bertz CT molecular complexity index is 621. The highest BCUT2D eigenvalue weighted by molar-refractivity contribution is 5.84. The van der Waals surface area contributed by atoms with Gasteiger partial charge in [0.15, 0.2) is 0 Å². The first-order chi connectivity index (χ1) is 10.6. The molecule has 0 fully saturated rings. The standard InChI is InChI=1S/C15H18F2N2O4/c1-8(15(22)23)19(3)14(21)7-13(18-9(2)20)11-5-4-10(16)6-12(11)17/h4-6,8,13H,7H2,1-3H3,(H,18,20)(H,22,23). The van der Waals surface area contributed by atoms with Gasteiger partial charge in [-0.1, -0.05) is 6.07 Å². The molecule has 23 heavy (non-hydrogen) atoms. The third-order valence-electron chi connectivity index (χ3n) is 3.43. The molecular formula is C15H18F2N2O4. The lowest BCUT2D eigenvalue weighted by molar-refractivity contribution is -0.148. The van der Waals surface area contributed by atoms with Crippen molar-refractivity contribution in [2.75, 3.05) is 7.05 Å². The van der Waals surface area contributed by atoms with E-state index in [-0.39, 0.29) is 12.0 Å². The highest BCUT2D eigenvalue weighted by Crippen LogP contribution is 2.22. The first kappa shape index (κ1) is 18.5. The summed E-state index contributed by atoms with van der Waals surface area (Å²) in [5.41, 5.74) is -0.0497. The van der Waals surface area contributed by atoms with Gasteiger partial charge >= 0.3 is 5.97 Å². The normalized spacial score (nSPS) is 13.1. The van der Waals surface area contributed by atoms with Crippen LogP contribution in [-0.4, -0.2) is 40.9 Å². The topological polar surface area (TPSA) is 86.7 Å². The zero-order valence-electron chi connectivity index (χ0n) is 13.0. The molecule has 1 rings (SSSR count). The number of nitrogens with zero attached hydrogens (tertiary/aromatic N) is 1. The highest BCUT2D eigenvalue weighted by atomic mass is 19.1. The smallest absolute Gasteiger partial charge is 0.326 e. The van der Waals surface area contributed by atoms with Crippen molar-refractivity contribution >= 4 is 17.8 Å². The summed E-state index contributed by atoms with van der Waals surface area (Å²) < 4.78 is 26.9. The summed E-state index contributed by atoms with van der Waals surface area (Å²) in [5.74, 6) is -3.96. The van der Waals surface area contributed by atoms with Crippen LogP contribution in [0.4, 0.5) is 8.78 Å². The molecule has 2 atom stereocenters. The number of halogens is 2. The molecule has 0 bridgehead atoms. The maximum absolute atomic E-state index is 13.9. The fourth-order valence-corrected chi connectivity index (χ4v) is 1.97. The average Bonchev–Trinajstić information content (AvgIpc) is 2.44. The van der Waals surface area contributed by atoms with Crippen LogP contribution in [0, 0.1) is 11.6 Å². The largest absolute Gasteiger partial charge is 0.480 e. The van der Waals surface area contributed by atoms with E-state index in [9.17, 15) is 23.2 Å². The van der Waals surface area contributed by atoms with Crippen LogP contribution < -0.4 is 5.32 Å². The van der Waals surface area contributed by atoms with Gasteiger partial charge in [-0.3, -0.25) is 9.59 Å². The van der Waals surface area contributed by atoms with Gasteiger partial charge in [0, 0.05) is 25.6 Å². The maximum atomic E-state index is 13.9. The molecule has 2 unspecified atom stereocenters. The number of benzene rings is 1. The summed E-state index contributed by atoms with van der Waals surface area (Å²) in [4.78, 5) is 35.3. The lowest BCUT2D eigenvalue weighted by atomic mass is 10.0. The molecule has 0 heterocycles. The second-order valence-electron chi connectivity index (χ2n) is 5.14. The van der Waals surface area contributed by atoms with Gasteiger partial charge in [-0.15, -0.1) is 0 Å². The Balaban J connectivity index is 3.01. The van der Waals surface area contributed by atoms with E-state index in [1.165, 1.54) is 20.9 Å². The average molecular weight is 328 g/mol. The lowest BCUT2D eigenvalue weighted by Gasteiger charge is -2.25. The van der Waals surface area contributed by atoms with Crippen LogP contribution >= 0.6 is 0 Å². The van der Waals surface area contributed by atoms with Crippen molar-refractivity contribution in [2.24, 2.45) is 0 Å². The summed E-state index contributed by atoms with van der Waals surface area (Å²) >= 11 is 0. The maximum Gasteiger partial charge on any atom is 0.326 e. The summed E-state index contributed by atoms with van der Waals surface area (Å²) in [6, 6.07) is 0.709. The number of likely N-dealkylation sites (N-methyl/N-ethyl adjacent to an activating group) is 1. The molecule has 0 saturated heterocycles. The van der Waals surface area contributed by atoms with Crippen molar-refractivity contribution < 1.29 is 28.3 Å². The molecule has 8 heteroatoms. The molecule has 2 amide bonds. The minimum Gasteiger partial charge on any atom is -0.480 e. The molecule has 0 radical (unpaired) electrons.